The first kappa shape index (κ1) is 21.2. The minimum Gasteiger partial charge on any atom is -0.497 e. The van der Waals surface area contributed by atoms with Crippen LogP contribution >= 0.6 is 0 Å². The molecule has 0 aliphatic heterocycles. The van der Waals surface area contributed by atoms with Crippen molar-refractivity contribution in [3.05, 3.63) is 59.7 Å². The monoisotopic (exact) mass is 397 g/mol. The molecule has 0 amide bonds. The van der Waals surface area contributed by atoms with Crippen molar-refractivity contribution in [2.75, 3.05) is 27.4 Å². The SMILES string of the molecule is C/C=C/c1ccc(OCC(O)CN(Cc2ccc(OC)cc2)C2CC2)c(OC)c1. The molecule has 0 aromatic heterocycles. The van der Waals surface area contributed by atoms with Gasteiger partial charge in [-0.1, -0.05) is 30.4 Å². The summed E-state index contributed by atoms with van der Waals surface area (Å²) in [4.78, 5) is 2.34. The van der Waals surface area contributed by atoms with Gasteiger partial charge in [-0.2, -0.15) is 0 Å². The van der Waals surface area contributed by atoms with Crippen molar-refractivity contribution in [2.45, 2.75) is 38.5 Å². The summed E-state index contributed by atoms with van der Waals surface area (Å²) >= 11 is 0. The van der Waals surface area contributed by atoms with Crippen LogP contribution in [-0.2, 0) is 6.54 Å². The highest BCUT2D eigenvalue weighted by Crippen LogP contribution is 2.30. The first-order valence-electron chi connectivity index (χ1n) is 10.1. The number of aliphatic hydroxyl groups is 1. The third-order valence-electron chi connectivity index (χ3n) is 5.03. The molecule has 0 saturated heterocycles. The Hall–Kier alpha value is -2.50. The Labute approximate surface area is 173 Å². The molecule has 5 heteroatoms. The summed E-state index contributed by atoms with van der Waals surface area (Å²) in [5.41, 5.74) is 2.27. The number of benzene rings is 2. The number of hydrogen-bond donors (Lipinski definition) is 1. The van der Waals surface area contributed by atoms with Crippen LogP contribution in [-0.4, -0.2) is 49.5 Å². The van der Waals surface area contributed by atoms with Crippen molar-refractivity contribution in [1.29, 1.82) is 0 Å². The number of hydrogen-bond acceptors (Lipinski definition) is 5. The van der Waals surface area contributed by atoms with Crippen LogP contribution in [0.1, 0.15) is 30.9 Å². The van der Waals surface area contributed by atoms with E-state index < -0.39 is 6.10 Å². The standard InChI is InChI=1S/C24H31NO4/c1-4-5-18-8-13-23(24(14-18)28-3)29-17-21(26)16-25(20-9-10-20)15-19-6-11-22(27-2)12-7-19/h4-8,11-14,20-21,26H,9-10,15-17H2,1-3H3/b5-4+. The van der Waals surface area contributed by atoms with E-state index in [1.54, 1.807) is 14.2 Å². The third-order valence-corrected chi connectivity index (χ3v) is 5.03. The van der Waals surface area contributed by atoms with Gasteiger partial charge in [-0.15, -0.1) is 0 Å². The zero-order valence-electron chi connectivity index (χ0n) is 17.5. The molecule has 1 fully saturated rings. The molecule has 1 unspecified atom stereocenters. The molecule has 0 bridgehead atoms. The molecule has 2 aromatic rings. The Balaban J connectivity index is 1.56. The van der Waals surface area contributed by atoms with Crippen LogP contribution in [0.2, 0.25) is 0 Å². The van der Waals surface area contributed by atoms with E-state index in [0.29, 0.717) is 24.1 Å². The first-order valence-corrected chi connectivity index (χ1v) is 10.1. The lowest BCUT2D eigenvalue weighted by molar-refractivity contribution is 0.0617. The Morgan fingerprint density at radius 1 is 1.07 bits per heavy atom. The molecule has 1 aliphatic carbocycles. The summed E-state index contributed by atoms with van der Waals surface area (Å²) in [6.07, 6.45) is 5.78. The van der Waals surface area contributed by atoms with E-state index >= 15 is 0 Å². The van der Waals surface area contributed by atoms with Crippen molar-refractivity contribution in [3.8, 4) is 17.2 Å². The third kappa shape index (κ3) is 6.24. The Morgan fingerprint density at radius 2 is 1.83 bits per heavy atom. The lowest BCUT2D eigenvalue weighted by Crippen LogP contribution is -2.36. The molecule has 0 radical (unpaired) electrons. The van der Waals surface area contributed by atoms with E-state index in [1.807, 2.05) is 49.4 Å². The van der Waals surface area contributed by atoms with E-state index in [2.05, 4.69) is 17.0 Å². The fraction of sp³-hybridized carbons (Fsp3) is 0.417. The lowest BCUT2D eigenvalue weighted by Gasteiger charge is -2.25. The van der Waals surface area contributed by atoms with Gasteiger partial charge in [0.05, 0.1) is 14.2 Å². The molecule has 3 rings (SSSR count). The summed E-state index contributed by atoms with van der Waals surface area (Å²) in [5.74, 6) is 2.17. The van der Waals surface area contributed by atoms with Crippen molar-refractivity contribution in [2.24, 2.45) is 0 Å². The van der Waals surface area contributed by atoms with Crippen LogP contribution in [0.25, 0.3) is 6.08 Å². The normalized spacial score (nSPS) is 14.9. The summed E-state index contributed by atoms with van der Waals surface area (Å²) < 4.78 is 16.5. The first-order chi connectivity index (χ1) is 14.1. The van der Waals surface area contributed by atoms with Crippen LogP contribution in [0.15, 0.2) is 48.5 Å². The summed E-state index contributed by atoms with van der Waals surface area (Å²) in [5, 5.41) is 10.6. The van der Waals surface area contributed by atoms with Gasteiger partial charge in [0.25, 0.3) is 0 Å². The van der Waals surface area contributed by atoms with Gasteiger partial charge in [0, 0.05) is 19.1 Å². The molecule has 5 nitrogen and oxygen atoms in total. The molecule has 1 atom stereocenters. The average Bonchev–Trinajstić information content (AvgIpc) is 3.58. The van der Waals surface area contributed by atoms with Crippen LogP contribution < -0.4 is 14.2 Å². The highest BCUT2D eigenvalue weighted by molar-refractivity contribution is 5.55. The maximum Gasteiger partial charge on any atom is 0.161 e. The summed E-state index contributed by atoms with van der Waals surface area (Å²) in [6.45, 7) is 3.60. The Morgan fingerprint density at radius 3 is 2.45 bits per heavy atom. The number of methoxy groups -OCH3 is 2. The zero-order chi connectivity index (χ0) is 20.6. The molecule has 156 valence electrons. The fourth-order valence-electron chi connectivity index (χ4n) is 3.36. The maximum absolute atomic E-state index is 10.6. The second kappa shape index (κ2) is 10.3. The highest BCUT2D eigenvalue weighted by atomic mass is 16.5. The molecule has 1 saturated carbocycles. The van der Waals surface area contributed by atoms with Gasteiger partial charge < -0.3 is 19.3 Å². The largest absolute Gasteiger partial charge is 0.497 e. The molecule has 0 spiro atoms. The number of allylic oxidation sites excluding steroid dienone is 1. The second-order valence-corrected chi connectivity index (χ2v) is 7.38. The Kier molecular flexibility index (Phi) is 7.55. The summed E-state index contributed by atoms with van der Waals surface area (Å²) in [7, 11) is 3.30. The van der Waals surface area contributed by atoms with Crippen molar-refractivity contribution in [1.82, 2.24) is 4.90 Å². The minimum absolute atomic E-state index is 0.227. The maximum atomic E-state index is 10.6. The van der Waals surface area contributed by atoms with E-state index in [4.69, 9.17) is 14.2 Å². The number of ether oxygens (including phenoxy) is 3. The van der Waals surface area contributed by atoms with Crippen LogP contribution in [0, 0.1) is 0 Å². The molecule has 0 heterocycles. The lowest BCUT2D eigenvalue weighted by atomic mass is 10.2. The fourth-order valence-corrected chi connectivity index (χ4v) is 3.36. The van der Waals surface area contributed by atoms with Gasteiger partial charge >= 0.3 is 0 Å². The van der Waals surface area contributed by atoms with E-state index in [0.717, 1.165) is 17.9 Å². The molecule has 2 aromatic carbocycles. The molecular formula is C24H31NO4. The predicted octanol–water partition coefficient (Wildman–Crippen LogP) is 4.14. The van der Waals surface area contributed by atoms with Gasteiger partial charge in [-0.05, 0) is 55.2 Å². The van der Waals surface area contributed by atoms with Crippen LogP contribution in [0.5, 0.6) is 17.2 Å². The molecule has 1 N–H and O–H groups in total. The quantitative estimate of drug-likeness (QED) is 0.618. The van der Waals surface area contributed by atoms with E-state index in [9.17, 15) is 5.11 Å². The topological polar surface area (TPSA) is 51.2 Å². The average molecular weight is 398 g/mol. The summed E-state index contributed by atoms with van der Waals surface area (Å²) in [6, 6.07) is 14.4. The second-order valence-electron chi connectivity index (χ2n) is 7.38. The molecule has 29 heavy (non-hydrogen) atoms. The van der Waals surface area contributed by atoms with Gasteiger partial charge in [0.1, 0.15) is 18.5 Å². The van der Waals surface area contributed by atoms with Crippen molar-refractivity contribution in [3.63, 3.8) is 0 Å². The van der Waals surface area contributed by atoms with Gasteiger partial charge in [0.2, 0.25) is 0 Å². The highest BCUT2D eigenvalue weighted by Gasteiger charge is 2.30. The van der Waals surface area contributed by atoms with Crippen molar-refractivity contribution >= 4 is 6.08 Å². The number of nitrogens with zero attached hydrogens (tertiary/aromatic N) is 1. The zero-order valence-corrected chi connectivity index (χ0v) is 17.5. The number of rotatable bonds is 11. The van der Waals surface area contributed by atoms with E-state index in [-0.39, 0.29) is 6.61 Å². The number of aliphatic hydroxyl groups excluding tert-OH is 1. The van der Waals surface area contributed by atoms with Crippen LogP contribution in [0.4, 0.5) is 0 Å². The van der Waals surface area contributed by atoms with Gasteiger partial charge in [0.15, 0.2) is 11.5 Å². The van der Waals surface area contributed by atoms with Crippen LogP contribution in [0.3, 0.4) is 0 Å². The predicted molar refractivity (Wildman–Crippen MR) is 116 cm³/mol. The smallest absolute Gasteiger partial charge is 0.161 e. The molecular weight excluding hydrogens is 366 g/mol. The van der Waals surface area contributed by atoms with E-state index in [1.165, 1.54) is 18.4 Å². The minimum atomic E-state index is -0.575. The Bertz CT molecular complexity index is 799. The van der Waals surface area contributed by atoms with Crippen molar-refractivity contribution < 1.29 is 19.3 Å². The molecule has 1 aliphatic rings. The van der Waals surface area contributed by atoms with Gasteiger partial charge in [-0.25, -0.2) is 0 Å². The van der Waals surface area contributed by atoms with Gasteiger partial charge in [-0.3, -0.25) is 4.90 Å².